The molecule has 0 aliphatic carbocycles. The molecule has 0 spiro atoms. The largest absolute Gasteiger partial charge is 0.297 e. The third-order valence-corrected chi connectivity index (χ3v) is 6.97. The molecule has 1 atom stereocenters. The van der Waals surface area contributed by atoms with Gasteiger partial charge >= 0.3 is 0 Å². The molecular formula is C19H16N2O2S2. The number of benzene rings is 1. The van der Waals surface area contributed by atoms with E-state index in [4.69, 9.17) is 0 Å². The van der Waals surface area contributed by atoms with E-state index >= 15 is 0 Å². The molecule has 0 N–H and O–H groups in total. The van der Waals surface area contributed by atoms with E-state index in [1.807, 2.05) is 42.5 Å². The highest BCUT2D eigenvalue weighted by molar-refractivity contribution is 8.25. The Bertz CT molecular complexity index is 829. The standard InChI is InChI=1S/C19H16N2O2S2/c22-17-15(12-13-6-8-20-9-7-13)21(14-4-2-1-3-5-14)18(23)16(17)19-24-10-11-25-19/h1-9,15H,10-12H2. The van der Waals surface area contributed by atoms with Crippen molar-refractivity contribution in [3.05, 3.63) is 70.2 Å². The number of nitrogens with zero attached hydrogens (tertiary/aromatic N) is 2. The number of carbonyl (C=O) groups excluding carboxylic acids is 2. The van der Waals surface area contributed by atoms with Gasteiger partial charge in [-0.25, -0.2) is 0 Å². The van der Waals surface area contributed by atoms with Crippen LogP contribution in [0, 0.1) is 0 Å². The van der Waals surface area contributed by atoms with Crippen LogP contribution in [-0.4, -0.2) is 34.2 Å². The van der Waals surface area contributed by atoms with Crippen LogP contribution in [0.15, 0.2) is 64.7 Å². The van der Waals surface area contributed by atoms with Crippen LogP contribution in [0.3, 0.4) is 0 Å². The highest BCUT2D eigenvalue weighted by Gasteiger charge is 2.46. The molecule has 3 heterocycles. The molecule has 1 unspecified atom stereocenters. The molecule has 1 aromatic heterocycles. The second-order valence-electron chi connectivity index (χ2n) is 5.81. The summed E-state index contributed by atoms with van der Waals surface area (Å²) in [6.45, 7) is 0. The summed E-state index contributed by atoms with van der Waals surface area (Å²) < 4.78 is 0.883. The molecule has 2 fully saturated rings. The predicted molar refractivity (Wildman–Crippen MR) is 103 cm³/mol. The topological polar surface area (TPSA) is 50.3 Å². The first-order valence-corrected chi connectivity index (χ1v) is 10.0. The minimum absolute atomic E-state index is 0.0671. The number of Topliss-reactive ketones (excluding diaryl/α,β-unsaturated/α-hetero) is 1. The molecule has 2 saturated heterocycles. The normalized spacial score (nSPS) is 20.6. The number of hydrogen-bond donors (Lipinski definition) is 0. The fourth-order valence-corrected chi connectivity index (χ4v) is 5.64. The van der Waals surface area contributed by atoms with Gasteiger partial charge in [-0.05, 0) is 29.8 Å². The van der Waals surface area contributed by atoms with Gasteiger partial charge < -0.3 is 0 Å². The number of pyridine rings is 1. The molecule has 4 rings (SSSR count). The number of aromatic nitrogens is 1. The lowest BCUT2D eigenvalue weighted by Crippen LogP contribution is -2.37. The summed E-state index contributed by atoms with van der Waals surface area (Å²) in [7, 11) is 0. The third-order valence-electron chi connectivity index (χ3n) is 4.26. The van der Waals surface area contributed by atoms with Gasteiger partial charge in [-0.15, -0.1) is 23.5 Å². The van der Waals surface area contributed by atoms with Crippen molar-refractivity contribution in [2.75, 3.05) is 16.4 Å². The van der Waals surface area contributed by atoms with Crippen LogP contribution >= 0.6 is 23.5 Å². The monoisotopic (exact) mass is 368 g/mol. The zero-order valence-electron chi connectivity index (χ0n) is 13.4. The molecule has 0 bridgehead atoms. The van der Waals surface area contributed by atoms with Crippen LogP contribution < -0.4 is 4.90 Å². The molecule has 4 nitrogen and oxygen atoms in total. The number of carbonyl (C=O) groups is 2. The molecule has 6 heteroatoms. The van der Waals surface area contributed by atoms with E-state index in [9.17, 15) is 9.59 Å². The van der Waals surface area contributed by atoms with E-state index in [-0.39, 0.29) is 11.7 Å². The summed E-state index contributed by atoms with van der Waals surface area (Å²) in [6, 6.07) is 12.7. The van der Waals surface area contributed by atoms with Crippen molar-refractivity contribution in [3.8, 4) is 0 Å². The van der Waals surface area contributed by atoms with Gasteiger partial charge in [0.1, 0.15) is 11.6 Å². The van der Waals surface area contributed by atoms with Crippen LogP contribution in [0.1, 0.15) is 5.56 Å². The first-order valence-electron chi connectivity index (χ1n) is 8.07. The van der Waals surface area contributed by atoms with Crippen LogP contribution in [0.25, 0.3) is 0 Å². The summed E-state index contributed by atoms with van der Waals surface area (Å²) in [5.74, 6) is 1.66. The Morgan fingerprint density at radius 1 is 1.00 bits per heavy atom. The summed E-state index contributed by atoms with van der Waals surface area (Å²) in [4.78, 5) is 31.9. The third kappa shape index (κ3) is 3.12. The zero-order chi connectivity index (χ0) is 17.2. The van der Waals surface area contributed by atoms with Crippen molar-refractivity contribution in [2.45, 2.75) is 12.5 Å². The lowest BCUT2D eigenvalue weighted by molar-refractivity contribution is -0.116. The molecule has 25 heavy (non-hydrogen) atoms. The first kappa shape index (κ1) is 16.4. The number of amides is 1. The summed E-state index contributed by atoms with van der Waals surface area (Å²) in [6.07, 6.45) is 3.92. The van der Waals surface area contributed by atoms with Gasteiger partial charge in [0.15, 0.2) is 5.78 Å². The maximum absolute atomic E-state index is 13.1. The molecule has 2 aliphatic heterocycles. The molecular weight excluding hydrogens is 352 g/mol. The number of hydrogen-bond acceptors (Lipinski definition) is 5. The Labute approximate surface area is 154 Å². The summed E-state index contributed by atoms with van der Waals surface area (Å²) in [5.41, 5.74) is 2.14. The Morgan fingerprint density at radius 2 is 1.68 bits per heavy atom. The molecule has 0 saturated carbocycles. The van der Waals surface area contributed by atoms with Gasteiger partial charge in [0.05, 0.1) is 4.24 Å². The van der Waals surface area contributed by atoms with Crippen molar-refractivity contribution in [3.63, 3.8) is 0 Å². The molecule has 1 aromatic carbocycles. The smallest absolute Gasteiger partial charge is 0.264 e. The lowest BCUT2D eigenvalue weighted by Gasteiger charge is -2.23. The maximum atomic E-state index is 13.1. The highest BCUT2D eigenvalue weighted by atomic mass is 32.2. The van der Waals surface area contributed by atoms with E-state index in [0.717, 1.165) is 27.0 Å². The van der Waals surface area contributed by atoms with Crippen molar-refractivity contribution in [2.24, 2.45) is 0 Å². The fourth-order valence-electron chi connectivity index (χ4n) is 3.11. The van der Waals surface area contributed by atoms with Crippen LogP contribution in [-0.2, 0) is 16.0 Å². The van der Waals surface area contributed by atoms with E-state index in [1.54, 1.807) is 40.8 Å². The zero-order valence-corrected chi connectivity index (χ0v) is 15.1. The van der Waals surface area contributed by atoms with E-state index in [0.29, 0.717) is 12.0 Å². The van der Waals surface area contributed by atoms with Crippen LogP contribution in [0.2, 0.25) is 0 Å². The average molecular weight is 368 g/mol. The number of para-hydroxylation sites is 1. The van der Waals surface area contributed by atoms with E-state index < -0.39 is 6.04 Å². The highest BCUT2D eigenvalue weighted by Crippen LogP contribution is 2.42. The number of rotatable bonds is 3. The summed E-state index contributed by atoms with van der Waals surface area (Å²) >= 11 is 3.23. The predicted octanol–water partition coefficient (Wildman–Crippen LogP) is 3.30. The lowest BCUT2D eigenvalue weighted by atomic mass is 10.0. The van der Waals surface area contributed by atoms with Gasteiger partial charge in [-0.3, -0.25) is 19.5 Å². The van der Waals surface area contributed by atoms with Crippen LogP contribution in [0.4, 0.5) is 5.69 Å². The van der Waals surface area contributed by atoms with Gasteiger partial charge in [-0.2, -0.15) is 0 Å². The van der Waals surface area contributed by atoms with E-state index in [2.05, 4.69) is 4.98 Å². The molecule has 2 aliphatic rings. The number of anilines is 1. The second kappa shape index (κ2) is 7.06. The van der Waals surface area contributed by atoms with Crippen molar-refractivity contribution in [1.29, 1.82) is 0 Å². The van der Waals surface area contributed by atoms with Gasteiger partial charge in [0.25, 0.3) is 5.91 Å². The average Bonchev–Trinajstić information content (AvgIpc) is 3.24. The fraction of sp³-hybridized carbons (Fsp3) is 0.211. The van der Waals surface area contributed by atoms with Gasteiger partial charge in [0.2, 0.25) is 0 Å². The molecule has 0 radical (unpaired) electrons. The minimum Gasteiger partial charge on any atom is -0.297 e. The Hall–Kier alpha value is -2.05. The van der Waals surface area contributed by atoms with Crippen molar-refractivity contribution >= 4 is 40.9 Å². The van der Waals surface area contributed by atoms with Gasteiger partial charge in [-0.1, -0.05) is 18.2 Å². The minimum atomic E-state index is -0.499. The quantitative estimate of drug-likeness (QED) is 0.615. The maximum Gasteiger partial charge on any atom is 0.264 e. The van der Waals surface area contributed by atoms with Crippen LogP contribution in [0.5, 0.6) is 0 Å². The molecule has 1 amide bonds. The molecule has 2 aromatic rings. The van der Waals surface area contributed by atoms with E-state index in [1.165, 1.54) is 0 Å². The number of thioether (sulfide) groups is 2. The van der Waals surface area contributed by atoms with Gasteiger partial charge in [0, 0.05) is 36.0 Å². The Kier molecular flexibility index (Phi) is 4.63. The van der Waals surface area contributed by atoms with Crippen molar-refractivity contribution in [1.82, 2.24) is 4.98 Å². The summed E-state index contributed by atoms with van der Waals surface area (Å²) in [5, 5.41) is 0. The number of ketones is 1. The Balaban J connectivity index is 1.76. The first-order chi connectivity index (χ1) is 12.3. The SMILES string of the molecule is O=C1C(=C2SCCS2)C(=O)N(c2ccccc2)C1Cc1ccncc1. The van der Waals surface area contributed by atoms with Crippen molar-refractivity contribution < 1.29 is 9.59 Å². The Morgan fingerprint density at radius 3 is 2.36 bits per heavy atom. The molecule has 126 valence electrons. The second-order valence-corrected chi connectivity index (χ2v) is 8.28.